The van der Waals surface area contributed by atoms with E-state index in [1.807, 2.05) is 56.1 Å². The second-order valence-electron chi connectivity index (χ2n) is 9.37. The summed E-state index contributed by atoms with van der Waals surface area (Å²) in [6.07, 6.45) is 3.85. The summed E-state index contributed by atoms with van der Waals surface area (Å²) in [7, 11) is 1.86. The first kappa shape index (κ1) is 24.0. The lowest BCUT2D eigenvalue weighted by molar-refractivity contribution is -0.136. The normalized spacial score (nSPS) is 18.1. The van der Waals surface area contributed by atoms with Crippen molar-refractivity contribution in [3.05, 3.63) is 47.3 Å². The number of fused-ring (bicyclic) bond motifs is 1. The monoisotopic (exact) mass is 465 g/mol. The van der Waals surface area contributed by atoms with Crippen LogP contribution in [0.4, 0.5) is 5.69 Å². The Morgan fingerprint density at radius 1 is 1.09 bits per heavy atom. The number of nitrogens with zero attached hydrogens (tertiary/aromatic N) is 4. The van der Waals surface area contributed by atoms with E-state index in [0.717, 1.165) is 42.6 Å². The Morgan fingerprint density at radius 2 is 1.82 bits per heavy atom. The van der Waals surface area contributed by atoms with E-state index in [9.17, 15) is 14.4 Å². The average Bonchev–Trinajstić information content (AvgIpc) is 3.20. The van der Waals surface area contributed by atoms with Crippen molar-refractivity contribution < 1.29 is 14.4 Å². The number of nitrogens with one attached hydrogen (secondary N) is 1. The van der Waals surface area contributed by atoms with E-state index < -0.39 is 0 Å². The zero-order chi connectivity index (χ0) is 24.2. The summed E-state index contributed by atoms with van der Waals surface area (Å²) in [5, 5.41) is 7.53. The number of benzene rings is 1. The zero-order valence-corrected chi connectivity index (χ0v) is 20.4. The van der Waals surface area contributed by atoms with Gasteiger partial charge in [0.25, 0.3) is 5.91 Å². The van der Waals surface area contributed by atoms with E-state index in [0.29, 0.717) is 38.3 Å². The van der Waals surface area contributed by atoms with Gasteiger partial charge in [-0.1, -0.05) is 32.0 Å². The molecular formula is C26H35N5O3. The van der Waals surface area contributed by atoms with Crippen molar-refractivity contribution in [2.45, 2.75) is 52.5 Å². The van der Waals surface area contributed by atoms with Crippen LogP contribution in [-0.4, -0.2) is 56.9 Å². The summed E-state index contributed by atoms with van der Waals surface area (Å²) in [6.45, 7) is 6.14. The minimum atomic E-state index is -0.259. The van der Waals surface area contributed by atoms with Crippen LogP contribution in [-0.2, 0) is 29.6 Å². The number of aryl methyl sites for hydroxylation is 1. The summed E-state index contributed by atoms with van der Waals surface area (Å²) < 4.78 is 1.78. The minimum Gasteiger partial charge on any atom is -0.338 e. The Balaban J connectivity index is 1.48. The Kier molecular flexibility index (Phi) is 7.34. The molecule has 0 radical (unpaired) electrons. The Hall–Kier alpha value is -3.16. The number of carbonyl (C=O) groups is 3. The fourth-order valence-corrected chi connectivity index (χ4v) is 5.14. The summed E-state index contributed by atoms with van der Waals surface area (Å²) in [4.78, 5) is 43.0. The molecule has 2 aromatic rings. The second kappa shape index (κ2) is 10.4. The molecule has 1 fully saturated rings. The van der Waals surface area contributed by atoms with Crippen molar-refractivity contribution >= 4 is 23.4 Å². The van der Waals surface area contributed by atoms with Gasteiger partial charge in [0.1, 0.15) is 0 Å². The Bertz CT molecular complexity index is 1040. The molecule has 1 atom stereocenters. The highest BCUT2D eigenvalue weighted by molar-refractivity contribution is 5.96. The van der Waals surface area contributed by atoms with Crippen molar-refractivity contribution in [3.8, 4) is 0 Å². The molecule has 1 aromatic heterocycles. The van der Waals surface area contributed by atoms with E-state index in [1.165, 1.54) is 0 Å². The smallest absolute Gasteiger partial charge is 0.274 e. The highest BCUT2D eigenvalue weighted by Crippen LogP contribution is 2.27. The van der Waals surface area contributed by atoms with Gasteiger partial charge in [-0.2, -0.15) is 5.10 Å². The molecule has 8 heteroatoms. The number of carbonyl (C=O) groups excluding carboxylic acids is 3. The highest BCUT2D eigenvalue weighted by Gasteiger charge is 2.35. The number of hydrogen-bond acceptors (Lipinski definition) is 4. The Morgan fingerprint density at radius 3 is 2.53 bits per heavy atom. The maximum atomic E-state index is 13.5. The molecule has 34 heavy (non-hydrogen) atoms. The van der Waals surface area contributed by atoms with Crippen LogP contribution >= 0.6 is 0 Å². The van der Waals surface area contributed by atoms with Crippen LogP contribution in [0.25, 0.3) is 0 Å². The number of para-hydroxylation sites is 1. The molecular weight excluding hydrogens is 430 g/mol. The first-order valence-corrected chi connectivity index (χ1v) is 12.4. The Labute approximate surface area is 201 Å². The molecule has 0 unspecified atom stereocenters. The summed E-state index contributed by atoms with van der Waals surface area (Å²) in [6, 6.07) is 9.39. The highest BCUT2D eigenvalue weighted by atomic mass is 16.2. The lowest BCUT2D eigenvalue weighted by Gasteiger charge is -2.33. The van der Waals surface area contributed by atoms with Crippen molar-refractivity contribution in [1.82, 2.24) is 19.6 Å². The van der Waals surface area contributed by atoms with E-state index in [2.05, 4.69) is 10.4 Å². The average molecular weight is 466 g/mol. The van der Waals surface area contributed by atoms with E-state index in [1.54, 1.807) is 9.58 Å². The lowest BCUT2D eigenvalue weighted by atomic mass is 9.95. The molecule has 1 saturated heterocycles. The van der Waals surface area contributed by atoms with Gasteiger partial charge in [0.2, 0.25) is 11.8 Å². The van der Waals surface area contributed by atoms with Crippen LogP contribution in [0.5, 0.6) is 0 Å². The van der Waals surface area contributed by atoms with Crippen LogP contribution in [0, 0.1) is 11.8 Å². The molecule has 2 aliphatic rings. The number of likely N-dealkylation sites (tertiary alicyclic amines) is 1. The zero-order valence-electron chi connectivity index (χ0n) is 20.4. The molecule has 0 bridgehead atoms. The number of aromatic nitrogens is 2. The first-order chi connectivity index (χ1) is 16.4. The van der Waals surface area contributed by atoms with Gasteiger partial charge in [-0.25, -0.2) is 0 Å². The molecule has 1 N–H and O–H groups in total. The first-order valence-electron chi connectivity index (χ1n) is 12.4. The minimum absolute atomic E-state index is 0.0170. The predicted octanol–water partition coefficient (Wildman–Crippen LogP) is 3.23. The van der Waals surface area contributed by atoms with Gasteiger partial charge >= 0.3 is 0 Å². The van der Waals surface area contributed by atoms with Crippen LogP contribution < -0.4 is 5.32 Å². The fraction of sp³-hybridized carbons (Fsp3) is 0.538. The largest absolute Gasteiger partial charge is 0.338 e. The SMILES string of the molecule is CCC(CC)C(=O)N1CCc2c(c(C(=O)N3CCC[C@H](C(=O)Nc4ccccc4)C3)nn2C)C1. The van der Waals surface area contributed by atoms with E-state index in [4.69, 9.17) is 0 Å². The van der Waals surface area contributed by atoms with Crippen molar-refractivity contribution in [2.75, 3.05) is 25.0 Å². The summed E-state index contributed by atoms with van der Waals surface area (Å²) in [5.41, 5.74) is 3.06. The summed E-state index contributed by atoms with van der Waals surface area (Å²) in [5.74, 6) is -0.290. The van der Waals surface area contributed by atoms with Crippen molar-refractivity contribution in [2.24, 2.45) is 18.9 Å². The molecule has 0 aliphatic carbocycles. The standard InChI is InChI=1S/C26H35N5O3/c1-4-18(5-2)25(33)31-15-13-22-21(17-31)23(28-29(22)3)26(34)30-14-9-10-19(16-30)24(32)27-20-11-7-6-8-12-20/h6-8,11-12,18-19H,4-5,9-10,13-17H2,1-3H3,(H,27,32)/t19-/m0/s1. The number of amides is 3. The number of hydrogen-bond donors (Lipinski definition) is 1. The summed E-state index contributed by atoms with van der Waals surface area (Å²) >= 11 is 0. The third-order valence-electron chi connectivity index (χ3n) is 7.21. The second-order valence-corrected chi connectivity index (χ2v) is 9.37. The molecule has 1 aromatic carbocycles. The van der Waals surface area contributed by atoms with Crippen molar-refractivity contribution in [3.63, 3.8) is 0 Å². The maximum Gasteiger partial charge on any atom is 0.274 e. The van der Waals surface area contributed by atoms with Crippen LogP contribution in [0.3, 0.4) is 0 Å². The third-order valence-corrected chi connectivity index (χ3v) is 7.21. The maximum absolute atomic E-state index is 13.5. The van der Waals surface area contributed by atoms with Crippen LogP contribution in [0.15, 0.2) is 30.3 Å². The van der Waals surface area contributed by atoms with Gasteiger partial charge < -0.3 is 15.1 Å². The van der Waals surface area contributed by atoms with Crippen LogP contribution in [0.2, 0.25) is 0 Å². The van der Waals surface area contributed by atoms with Gasteiger partial charge in [0.15, 0.2) is 5.69 Å². The number of piperidine rings is 1. The topological polar surface area (TPSA) is 87.5 Å². The molecule has 0 spiro atoms. The molecule has 3 heterocycles. The molecule has 2 aliphatic heterocycles. The van der Waals surface area contributed by atoms with E-state index in [-0.39, 0.29) is 29.6 Å². The van der Waals surface area contributed by atoms with E-state index >= 15 is 0 Å². The molecule has 8 nitrogen and oxygen atoms in total. The van der Waals surface area contributed by atoms with Gasteiger partial charge in [-0.3, -0.25) is 19.1 Å². The molecule has 0 saturated carbocycles. The van der Waals surface area contributed by atoms with Crippen LogP contribution in [0.1, 0.15) is 61.3 Å². The third kappa shape index (κ3) is 4.86. The number of anilines is 1. The number of rotatable bonds is 6. The van der Waals surface area contributed by atoms with Gasteiger partial charge in [-0.05, 0) is 37.8 Å². The quantitative estimate of drug-likeness (QED) is 0.710. The van der Waals surface area contributed by atoms with Gasteiger partial charge in [0.05, 0.1) is 5.92 Å². The van der Waals surface area contributed by atoms with Gasteiger partial charge in [-0.15, -0.1) is 0 Å². The predicted molar refractivity (Wildman–Crippen MR) is 130 cm³/mol. The fourth-order valence-electron chi connectivity index (χ4n) is 5.14. The molecule has 4 rings (SSSR count). The lowest BCUT2D eigenvalue weighted by Crippen LogP contribution is -2.44. The van der Waals surface area contributed by atoms with Crippen molar-refractivity contribution in [1.29, 1.82) is 0 Å². The van der Waals surface area contributed by atoms with Gasteiger partial charge in [0, 0.05) is 62.5 Å². The molecule has 182 valence electrons. The molecule has 3 amide bonds.